The van der Waals surface area contributed by atoms with Crippen LogP contribution in [0.3, 0.4) is 0 Å². The van der Waals surface area contributed by atoms with Gasteiger partial charge >= 0.3 is 0 Å². The minimum Gasteiger partial charge on any atom is -0.316 e. The summed E-state index contributed by atoms with van der Waals surface area (Å²) in [6, 6.07) is 0.860. The lowest BCUT2D eigenvalue weighted by Crippen LogP contribution is -2.53. The molecule has 2 heteroatoms. The summed E-state index contributed by atoms with van der Waals surface area (Å²) in [5, 5.41) is 3.62. The third kappa shape index (κ3) is 2.14. The van der Waals surface area contributed by atoms with Crippen LogP contribution in [0.2, 0.25) is 0 Å². The maximum Gasteiger partial charge on any atom is 0.00954 e. The van der Waals surface area contributed by atoms with Crippen molar-refractivity contribution in [1.29, 1.82) is 0 Å². The molecular weight excluding hydrogens is 196 g/mol. The minimum atomic E-state index is 0.639. The zero-order chi connectivity index (χ0) is 11.0. The van der Waals surface area contributed by atoms with E-state index in [0.717, 1.165) is 12.0 Å². The normalized spacial score (nSPS) is 38.8. The van der Waals surface area contributed by atoms with Crippen molar-refractivity contribution in [2.75, 3.05) is 26.2 Å². The lowest BCUT2D eigenvalue weighted by molar-refractivity contribution is 0.0362. The van der Waals surface area contributed by atoms with Crippen molar-refractivity contribution in [3.8, 4) is 0 Å². The summed E-state index contributed by atoms with van der Waals surface area (Å²) in [4.78, 5) is 2.80. The summed E-state index contributed by atoms with van der Waals surface area (Å²) in [7, 11) is 0. The summed E-state index contributed by atoms with van der Waals surface area (Å²) in [5.41, 5.74) is 0.639. The van der Waals surface area contributed by atoms with Crippen LogP contribution in [0.1, 0.15) is 45.4 Å². The molecule has 0 aromatic rings. The summed E-state index contributed by atoms with van der Waals surface area (Å²) in [5.74, 6) is 1.03. The molecule has 2 nitrogen and oxygen atoms in total. The Hall–Kier alpha value is -0.0800. The molecule has 2 heterocycles. The highest BCUT2D eigenvalue weighted by Crippen LogP contribution is 2.41. The second-order valence-electron chi connectivity index (χ2n) is 6.43. The van der Waals surface area contributed by atoms with Crippen molar-refractivity contribution in [1.82, 2.24) is 10.2 Å². The van der Waals surface area contributed by atoms with E-state index >= 15 is 0 Å². The van der Waals surface area contributed by atoms with Gasteiger partial charge in [-0.15, -0.1) is 0 Å². The molecule has 1 N–H and O–H groups in total. The van der Waals surface area contributed by atoms with Crippen LogP contribution in [0.4, 0.5) is 0 Å². The number of rotatable bonds is 2. The van der Waals surface area contributed by atoms with E-state index in [1.165, 1.54) is 64.7 Å². The van der Waals surface area contributed by atoms with E-state index < -0.39 is 0 Å². The fourth-order valence-corrected chi connectivity index (χ4v) is 3.85. The second-order valence-corrected chi connectivity index (χ2v) is 6.43. The van der Waals surface area contributed by atoms with Crippen molar-refractivity contribution < 1.29 is 0 Å². The summed E-state index contributed by atoms with van der Waals surface area (Å²) in [6.45, 7) is 7.73. The number of likely N-dealkylation sites (tertiary alicyclic amines) is 1. The van der Waals surface area contributed by atoms with E-state index in [0.29, 0.717) is 5.41 Å². The number of hydrogen-bond acceptors (Lipinski definition) is 2. The first kappa shape index (κ1) is 11.0. The largest absolute Gasteiger partial charge is 0.316 e. The monoisotopic (exact) mass is 222 g/mol. The van der Waals surface area contributed by atoms with Crippen molar-refractivity contribution in [2.45, 2.75) is 51.5 Å². The molecule has 2 aliphatic heterocycles. The molecule has 0 amide bonds. The van der Waals surface area contributed by atoms with Gasteiger partial charge in [0.1, 0.15) is 0 Å². The average Bonchev–Trinajstić information content (AvgIpc) is 3.13. The van der Waals surface area contributed by atoms with Crippen LogP contribution in [-0.4, -0.2) is 37.1 Å². The van der Waals surface area contributed by atoms with Crippen LogP contribution in [-0.2, 0) is 0 Å². The average molecular weight is 222 g/mol. The van der Waals surface area contributed by atoms with E-state index in [1.54, 1.807) is 0 Å². The summed E-state index contributed by atoms with van der Waals surface area (Å²) < 4.78 is 0. The Morgan fingerprint density at radius 1 is 1.25 bits per heavy atom. The zero-order valence-electron chi connectivity index (χ0n) is 10.7. The predicted octanol–water partition coefficient (Wildman–Crippen LogP) is 2.25. The molecule has 0 aromatic heterocycles. The van der Waals surface area contributed by atoms with E-state index in [4.69, 9.17) is 0 Å². The predicted molar refractivity (Wildman–Crippen MR) is 67.5 cm³/mol. The highest BCUT2D eigenvalue weighted by atomic mass is 15.2. The van der Waals surface area contributed by atoms with Crippen LogP contribution >= 0.6 is 0 Å². The fraction of sp³-hybridized carbons (Fsp3) is 1.00. The third-order valence-corrected chi connectivity index (χ3v) is 5.13. The molecular formula is C14H26N2. The molecule has 3 aliphatic rings. The van der Waals surface area contributed by atoms with Crippen LogP contribution in [0, 0.1) is 11.3 Å². The Balaban J connectivity index is 1.63. The lowest BCUT2D eigenvalue weighted by Gasteiger charge is -2.47. The van der Waals surface area contributed by atoms with Gasteiger partial charge in [-0.2, -0.15) is 0 Å². The van der Waals surface area contributed by atoms with Crippen molar-refractivity contribution >= 4 is 0 Å². The number of piperidine rings is 2. The van der Waals surface area contributed by atoms with Crippen molar-refractivity contribution in [2.24, 2.45) is 11.3 Å². The van der Waals surface area contributed by atoms with E-state index in [1.807, 2.05) is 0 Å². The van der Waals surface area contributed by atoms with Crippen LogP contribution in [0.25, 0.3) is 0 Å². The van der Waals surface area contributed by atoms with Gasteiger partial charge in [0.05, 0.1) is 0 Å². The van der Waals surface area contributed by atoms with Gasteiger partial charge < -0.3 is 5.32 Å². The lowest BCUT2D eigenvalue weighted by atomic mass is 9.74. The standard InChI is InChI=1S/C14H26N2/c1-12(13-4-5-13)16-9-3-7-14(11-16)6-2-8-15-10-14/h12-13,15H,2-11H2,1H3. The van der Waals surface area contributed by atoms with E-state index in [9.17, 15) is 0 Å². The fourth-order valence-electron chi connectivity index (χ4n) is 3.85. The maximum absolute atomic E-state index is 3.62. The van der Waals surface area contributed by atoms with Crippen LogP contribution in [0.15, 0.2) is 0 Å². The van der Waals surface area contributed by atoms with Gasteiger partial charge in [0.25, 0.3) is 0 Å². The number of hydrogen-bond donors (Lipinski definition) is 1. The first-order chi connectivity index (χ1) is 7.79. The summed E-state index contributed by atoms with van der Waals surface area (Å²) in [6.07, 6.45) is 8.73. The SMILES string of the molecule is CC(C1CC1)N1CCCC2(CCCNC2)C1. The van der Waals surface area contributed by atoms with Crippen molar-refractivity contribution in [3.63, 3.8) is 0 Å². The van der Waals surface area contributed by atoms with Crippen molar-refractivity contribution in [3.05, 3.63) is 0 Å². The van der Waals surface area contributed by atoms with Crippen LogP contribution in [0.5, 0.6) is 0 Å². The highest BCUT2D eigenvalue weighted by Gasteiger charge is 2.40. The zero-order valence-corrected chi connectivity index (χ0v) is 10.7. The van der Waals surface area contributed by atoms with Gasteiger partial charge in [-0.3, -0.25) is 4.90 Å². The Morgan fingerprint density at radius 2 is 2.06 bits per heavy atom. The molecule has 1 aliphatic carbocycles. The summed E-state index contributed by atoms with van der Waals surface area (Å²) >= 11 is 0. The first-order valence-corrected chi connectivity index (χ1v) is 7.24. The van der Waals surface area contributed by atoms with E-state index in [2.05, 4.69) is 17.1 Å². The third-order valence-electron chi connectivity index (χ3n) is 5.13. The molecule has 3 fully saturated rings. The van der Waals surface area contributed by atoms with Gasteiger partial charge in [-0.05, 0) is 69.9 Å². The van der Waals surface area contributed by atoms with Gasteiger partial charge in [-0.25, -0.2) is 0 Å². The molecule has 0 bridgehead atoms. The first-order valence-electron chi connectivity index (χ1n) is 7.24. The minimum absolute atomic E-state index is 0.639. The molecule has 3 rings (SSSR count). The molecule has 2 unspecified atom stereocenters. The van der Waals surface area contributed by atoms with E-state index in [-0.39, 0.29) is 0 Å². The second kappa shape index (κ2) is 4.30. The molecule has 2 saturated heterocycles. The molecule has 0 aromatic carbocycles. The maximum atomic E-state index is 3.62. The Bertz CT molecular complexity index is 236. The smallest absolute Gasteiger partial charge is 0.00954 e. The molecule has 92 valence electrons. The molecule has 16 heavy (non-hydrogen) atoms. The van der Waals surface area contributed by atoms with Gasteiger partial charge in [0, 0.05) is 19.1 Å². The molecule has 0 radical (unpaired) electrons. The Kier molecular flexibility index (Phi) is 2.97. The van der Waals surface area contributed by atoms with Gasteiger partial charge in [-0.1, -0.05) is 0 Å². The quantitative estimate of drug-likeness (QED) is 0.771. The molecule has 1 spiro atoms. The Labute approximate surface area is 99.8 Å². The van der Waals surface area contributed by atoms with Gasteiger partial charge in [0.2, 0.25) is 0 Å². The number of nitrogens with zero attached hydrogens (tertiary/aromatic N) is 1. The molecule has 1 saturated carbocycles. The molecule has 2 atom stereocenters. The van der Waals surface area contributed by atoms with Crippen LogP contribution < -0.4 is 5.32 Å². The van der Waals surface area contributed by atoms with Gasteiger partial charge in [0.15, 0.2) is 0 Å². The Morgan fingerprint density at radius 3 is 2.75 bits per heavy atom. The topological polar surface area (TPSA) is 15.3 Å². The number of nitrogens with one attached hydrogen (secondary N) is 1. The highest BCUT2D eigenvalue weighted by molar-refractivity contribution is 4.95.